The van der Waals surface area contributed by atoms with Crippen molar-refractivity contribution in [2.24, 2.45) is 23.3 Å². The maximum Gasteiger partial charge on any atom is 0.248 e. The molecule has 0 aliphatic carbocycles. The van der Waals surface area contributed by atoms with Gasteiger partial charge in [-0.05, 0) is 55.7 Å². The standard InChI is InChI=1S/C52H86N10O16/c1-5-27(2)22-28(3)12-10-8-6-7-9-11-13-39(70)56-33-24-37(68)46(55-20-19-53)60-50(76)43-35(66)18-21-61(43)52(78)41(36(67)25-38(54)69)58-49(75)42(45(72)44(71)30-14-16-31(64)17-15-30)59-48(74)34-23-32(65)26-62(34)51(77)40(29(4)63)57-47(33)73/h14-17,27-29,32-37,40-46,55,63-68,71-72H,5-13,18-26,53H2,1-4H3,(H2,54,69)(H,56,70)(H,57,73)(H,58,75)(H,59,74)(H,60,76)/t27-,28+,29+,32+,33-,34-,35-,36+,37+,40-,41-,42-,43-,44-,45-,46-/m0/s1. The number of phenolic OH excluding ortho intramolecular Hbond substituents is 1. The quantitative estimate of drug-likeness (QED) is 0.0468. The number of hydrogen-bond acceptors (Lipinski definition) is 18. The molecule has 3 saturated heterocycles. The number of benzene rings is 1. The van der Waals surface area contributed by atoms with Crippen LogP contribution in [-0.2, 0) is 38.4 Å². The third-order valence-electron chi connectivity index (χ3n) is 14.8. The van der Waals surface area contributed by atoms with E-state index >= 15 is 0 Å². The molecule has 3 aliphatic heterocycles. The van der Waals surface area contributed by atoms with E-state index in [9.17, 15) is 79.2 Å². The second-order valence-electron chi connectivity index (χ2n) is 21.4. The minimum absolute atomic E-state index is 0.0454. The van der Waals surface area contributed by atoms with Crippen LogP contribution in [0.3, 0.4) is 0 Å². The molecule has 0 radical (unpaired) electrons. The Kier molecular flexibility index (Phi) is 26.0. The van der Waals surface area contributed by atoms with Gasteiger partial charge in [0, 0.05) is 45.4 Å². The number of hydrogen-bond donors (Lipinski definition) is 16. The fourth-order valence-corrected chi connectivity index (χ4v) is 10.2. The third-order valence-corrected chi connectivity index (χ3v) is 14.8. The molecule has 0 saturated carbocycles. The largest absolute Gasteiger partial charge is 0.508 e. The normalized spacial score (nSPS) is 28.4. The number of rotatable bonds is 23. The van der Waals surface area contributed by atoms with Crippen LogP contribution in [0.1, 0.15) is 129 Å². The smallest absolute Gasteiger partial charge is 0.248 e. The molecule has 0 bridgehead atoms. The molecule has 8 amide bonds. The van der Waals surface area contributed by atoms with Crippen molar-refractivity contribution in [3.05, 3.63) is 29.8 Å². The van der Waals surface area contributed by atoms with Gasteiger partial charge in [-0.25, -0.2) is 0 Å². The molecule has 26 nitrogen and oxygen atoms in total. The topological polar surface area (TPSA) is 429 Å². The number of amides is 8. The number of unbranched alkanes of at least 4 members (excludes halogenated alkanes) is 5. The molecule has 1 aromatic carbocycles. The fraction of sp³-hybridized carbons (Fsp3) is 0.731. The molecule has 440 valence electrons. The Balaban J connectivity index is 1.74. The summed E-state index contributed by atoms with van der Waals surface area (Å²) in [6.07, 6.45) is -8.60. The van der Waals surface area contributed by atoms with Crippen LogP contribution >= 0.6 is 0 Å². The van der Waals surface area contributed by atoms with Gasteiger partial charge in [0.05, 0.1) is 36.9 Å². The SMILES string of the molecule is CC[C@H](C)C[C@H](C)CCCCCCCCC(=O)N[C@H]1C[C@@H](O)[C@@H](NCCN)NC(=O)[C@@H]2[C@@H](O)CCN2C(=O)[C@H]([C@H](O)CC(N)=O)NC(=O)[C@H]([C@H](O)[C@@H](O)c2ccc(O)cc2)NC(=O)[C@@H]2C[C@@H](O)CN2C(=O)[C@H]([C@@H](C)O)NC1=O. The molecule has 0 aromatic heterocycles. The number of nitrogens with one attached hydrogen (secondary N) is 6. The summed E-state index contributed by atoms with van der Waals surface area (Å²) >= 11 is 0. The van der Waals surface area contributed by atoms with Crippen LogP contribution in [0, 0.1) is 11.8 Å². The molecule has 3 aliphatic rings. The monoisotopic (exact) mass is 1110 g/mol. The number of phenols is 1. The minimum Gasteiger partial charge on any atom is -0.508 e. The van der Waals surface area contributed by atoms with E-state index in [0.29, 0.717) is 24.7 Å². The zero-order chi connectivity index (χ0) is 58.0. The van der Waals surface area contributed by atoms with Crippen LogP contribution in [0.4, 0.5) is 0 Å². The van der Waals surface area contributed by atoms with E-state index in [1.807, 2.05) is 0 Å². The first-order valence-corrected chi connectivity index (χ1v) is 27.3. The first-order valence-electron chi connectivity index (χ1n) is 27.3. The van der Waals surface area contributed by atoms with Crippen LogP contribution < -0.4 is 43.4 Å². The summed E-state index contributed by atoms with van der Waals surface area (Å²) in [5, 5.41) is 104. The van der Waals surface area contributed by atoms with Gasteiger partial charge >= 0.3 is 0 Å². The Hall–Kier alpha value is -5.58. The van der Waals surface area contributed by atoms with Gasteiger partial charge in [-0.2, -0.15) is 0 Å². The number of aliphatic hydroxyl groups is 7. The van der Waals surface area contributed by atoms with Crippen molar-refractivity contribution in [2.75, 3.05) is 26.2 Å². The average Bonchev–Trinajstić information content (AvgIpc) is 4.01. The number of primary amides is 1. The van der Waals surface area contributed by atoms with Crippen LogP contribution in [0.25, 0.3) is 0 Å². The molecule has 3 heterocycles. The van der Waals surface area contributed by atoms with Crippen LogP contribution in [0.2, 0.25) is 0 Å². The lowest BCUT2D eigenvalue weighted by molar-refractivity contribution is -0.148. The summed E-state index contributed by atoms with van der Waals surface area (Å²) in [6, 6.07) is -7.06. The van der Waals surface area contributed by atoms with Gasteiger partial charge in [0.2, 0.25) is 47.3 Å². The molecule has 4 rings (SSSR count). The molecular formula is C52H86N10O16. The van der Waals surface area contributed by atoms with Gasteiger partial charge in [-0.1, -0.05) is 77.8 Å². The molecule has 18 N–H and O–H groups in total. The second kappa shape index (κ2) is 31.3. The molecule has 16 atom stereocenters. The summed E-state index contributed by atoms with van der Waals surface area (Å²) in [4.78, 5) is 114. The number of carbonyl (C=O) groups is 8. The zero-order valence-electron chi connectivity index (χ0n) is 45.2. The van der Waals surface area contributed by atoms with E-state index in [2.05, 4.69) is 52.7 Å². The Morgan fingerprint density at radius 1 is 0.744 bits per heavy atom. The van der Waals surface area contributed by atoms with Gasteiger partial charge in [-0.3, -0.25) is 43.7 Å². The summed E-state index contributed by atoms with van der Waals surface area (Å²) in [7, 11) is 0. The zero-order valence-corrected chi connectivity index (χ0v) is 45.2. The predicted molar refractivity (Wildman–Crippen MR) is 280 cm³/mol. The van der Waals surface area contributed by atoms with Gasteiger partial charge in [-0.15, -0.1) is 0 Å². The summed E-state index contributed by atoms with van der Waals surface area (Å²) in [6.45, 7) is 6.74. The van der Waals surface area contributed by atoms with Crippen molar-refractivity contribution < 1.29 is 79.2 Å². The predicted octanol–water partition coefficient (Wildman–Crippen LogP) is -3.79. The van der Waals surface area contributed by atoms with E-state index in [0.717, 1.165) is 67.4 Å². The highest BCUT2D eigenvalue weighted by Crippen LogP contribution is 2.27. The number of aliphatic hydroxyl groups excluding tert-OH is 7. The van der Waals surface area contributed by atoms with Gasteiger partial charge in [0.15, 0.2) is 0 Å². The van der Waals surface area contributed by atoms with Crippen LogP contribution in [0.5, 0.6) is 5.75 Å². The van der Waals surface area contributed by atoms with Crippen molar-refractivity contribution in [2.45, 2.75) is 203 Å². The molecule has 1 aromatic rings. The fourth-order valence-electron chi connectivity index (χ4n) is 10.2. The molecule has 3 fully saturated rings. The number of nitrogens with zero attached hydrogens (tertiary/aromatic N) is 2. The van der Waals surface area contributed by atoms with Gasteiger partial charge in [0.25, 0.3) is 0 Å². The van der Waals surface area contributed by atoms with Crippen molar-refractivity contribution >= 4 is 47.3 Å². The lowest BCUT2D eigenvalue weighted by atomic mass is 9.91. The Morgan fingerprint density at radius 3 is 1.99 bits per heavy atom. The lowest BCUT2D eigenvalue weighted by Crippen LogP contribution is -2.65. The number of carbonyl (C=O) groups excluding carboxylic acids is 8. The van der Waals surface area contributed by atoms with Crippen molar-refractivity contribution in [1.82, 2.24) is 41.7 Å². The Bertz CT molecular complexity index is 2160. The average molecular weight is 1110 g/mol. The van der Waals surface area contributed by atoms with Gasteiger partial charge in [0.1, 0.15) is 60.4 Å². The van der Waals surface area contributed by atoms with E-state index in [4.69, 9.17) is 11.5 Å². The molecule has 0 spiro atoms. The first-order chi connectivity index (χ1) is 36.9. The molecule has 78 heavy (non-hydrogen) atoms. The highest BCUT2D eigenvalue weighted by Gasteiger charge is 2.49. The lowest BCUT2D eigenvalue weighted by Gasteiger charge is -2.35. The maximum atomic E-state index is 14.6. The Morgan fingerprint density at radius 2 is 1.36 bits per heavy atom. The van der Waals surface area contributed by atoms with E-state index < -0.39 is 165 Å². The van der Waals surface area contributed by atoms with Crippen molar-refractivity contribution in [3.8, 4) is 5.75 Å². The van der Waals surface area contributed by atoms with Gasteiger partial charge < -0.3 is 88.7 Å². The highest BCUT2D eigenvalue weighted by atomic mass is 16.3. The van der Waals surface area contributed by atoms with Crippen molar-refractivity contribution in [3.63, 3.8) is 0 Å². The maximum absolute atomic E-state index is 14.6. The van der Waals surface area contributed by atoms with Crippen LogP contribution in [-0.4, -0.2) is 203 Å². The summed E-state index contributed by atoms with van der Waals surface area (Å²) in [5.74, 6) is -8.12. The van der Waals surface area contributed by atoms with E-state index in [1.165, 1.54) is 18.6 Å². The summed E-state index contributed by atoms with van der Waals surface area (Å²) in [5.41, 5.74) is 11.0. The van der Waals surface area contributed by atoms with Crippen molar-refractivity contribution in [1.29, 1.82) is 0 Å². The number of nitrogens with two attached hydrogens (primary N) is 2. The third kappa shape index (κ3) is 18.8. The number of aromatic hydroxyl groups is 1. The molecule has 0 unspecified atom stereocenters. The van der Waals surface area contributed by atoms with E-state index in [-0.39, 0.29) is 37.2 Å². The first kappa shape index (κ1) is 64.9. The Labute approximate surface area is 454 Å². The minimum atomic E-state index is -2.35. The highest BCUT2D eigenvalue weighted by molar-refractivity contribution is 5.98. The van der Waals surface area contributed by atoms with E-state index in [1.54, 1.807) is 0 Å². The number of fused-ring (bicyclic) bond motifs is 2. The molecular weight excluding hydrogens is 1020 g/mol. The second-order valence-corrected chi connectivity index (χ2v) is 21.4. The van der Waals surface area contributed by atoms with Crippen LogP contribution in [0.15, 0.2) is 24.3 Å². The molecule has 26 heteroatoms. The summed E-state index contributed by atoms with van der Waals surface area (Å²) < 4.78 is 0.